The zero-order valence-electron chi connectivity index (χ0n) is 21.6. The number of aromatic nitrogens is 6. The van der Waals surface area contributed by atoms with Crippen LogP contribution >= 0.6 is 0 Å². The minimum Gasteiger partial charge on any atom is -0.299 e. The predicted octanol–water partition coefficient (Wildman–Crippen LogP) is 5.81. The molecule has 1 N–H and O–H groups in total. The smallest absolute Gasteiger partial charge is 0.299 e. The Labute approximate surface area is 212 Å². The number of aryl methyl sites for hydroxylation is 1. The van der Waals surface area contributed by atoms with Gasteiger partial charge in [0.1, 0.15) is 0 Å². The molecule has 0 amide bonds. The average Bonchev–Trinajstić information content (AvgIpc) is 3.53. The number of hydrogen-bond donors (Lipinski definition) is 1. The molecule has 0 aliphatic heterocycles. The molecule has 4 aromatic rings. The van der Waals surface area contributed by atoms with Gasteiger partial charge in [0.25, 0.3) is 0 Å². The van der Waals surface area contributed by atoms with Crippen LogP contribution in [0.1, 0.15) is 70.6 Å². The van der Waals surface area contributed by atoms with Crippen molar-refractivity contribution in [2.24, 2.45) is 5.92 Å². The highest BCUT2D eigenvalue weighted by Crippen LogP contribution is 2.30. The first-order valence-corrected chi connectivity index (χ1v) is 13.1. The minimum absolute atomic E-state index is 0.1000. The SMILES string of the molecule is CC(C)(C)c1cn(CCC2CCCCC2)c(=O)n1Cc1ccc(-c2ccccc2-c2nnn[nH]2)cc1. The molecule has 2 aromatic carbocycles. The summed E-state index contributed by atoms with van der Waals surface area (Å²) < 4.78 is 3.91. The summed E-state index contributed by atoms with van der Waals surface area (Å²) >= 11 is 0. The van der Waals surface area contributed by atoms with Gasteiger partial charge in [-0.15, -0.1) is 5.10 Å². The Kier molecular flexibility index (Phi) is 6.90. The van der Waals surface area contributed by atoms with Crippen molar-refractivity contribution >= 4 is 0 Å². The maximum atomic E-state index is 13.5. The molecule has 5 rings (SSSR count). The molecule has 0 atom stereocenters. The van der Waals surface area contributed by atoms with Crippen LogP contribution in [0.5, 0.6) is 0 Å². The number of H-pyrrole nitrogens is 1. The van der Waals surface area contributed by atoms with E-state index in [-0.39, 0.29) is 11.1 Å². The van der Waals surface area contributed by atoms with Gasteiger partial charge in [0.05, 0.1) is 6.54 Å². The van der Waals surface area contributed by atoms with Crippen molar-refractivity contribution in [3.05, 3.63) is 76.5 Å². The summed E-state index contributed by atoms with van der Waals surface area (Å²) in [5.41, 5.74) is 5.28. The lowest BCUT2D eigenvalue weighted by molar-refractivity contribution is 0.322. The van der Waals surface area contributed by atoms with Crippen molar-refractivity contribution in [3.8, 4) is 22.5 Å². The fourth-order valence-electron chi connectivity index (χ4n) is 5.43. The van der Waals surface area contributed by atoms with E-state index in [1.54, 1.807) is 0 Å². The maximum Gasteiger partial charge on any atom is 0.328 e. The Balaban J connectivity index is 1.39. The molecule has 0 radical (unpaired) electrons. The zero-order valence-corrected chi connectivity index (χ0v) is 21.6. The summed E-state index contributed by atoms with van der Waals surface area (Å²) in [6.07, 6.45) is 9.85. The lowest BCUT2D eigenvalue weighted by Crippen LogP contribution is -2.28. The third kappa shape index (κ3) is 5.20. The molecule has 2 heterocycles. The first-order chi connectivity index (χ1) is 17.4. The van der Waals surface area contributed by atoms with Gasteiger partial charge in [0, 0.05) is 29.4 Å². The Hall–Kier alpha value is -3.48. The topological polar surface area (TPSA) is 81.4 Å². The van der Waals surface area contributed by atoms with Crippen LogP contribution in [0.4, 0.5) is 0 Å². The van der Waals surface area contributed by atoms with Gasteiger partial charge in [-0.3, -0.25) is 9.13 Å². The molecule has 1 fully saturated rings. The molecule has 7 heteroatoms. The number of nitrogens with zero attached hydrogens (tertiary/aromatic N) is 5. The van der Waals surface area contributed by atoms with Gasteiger partial charge >= 0.3 is 5.69 Å². The van der Waals surface area contributed by atoms with Gasteiger partial charge in [-0.1, -0.05) is 101 Å². The van der Waals surface area contributed by atoms with Gasteiger partial charge in [0.15, 0.2) is 5.82 Å². The number of rotatable bonds is 7. The van der Waals surface area contributed by atoms with Gasteiger partial charge in [-0.25, -0.2) is 9.89 Å². The summed E-state index contributed by atoms with van der Waals surface area (Å²) in [4.78, 5) is 13.5. The third-order valence-electron chi connectivity index (χ3n) is 7.45. The summed E-state index contributed by atoms with van der Waals surface area (Å²) in [5, 5.41) is 14.4. The summed E-state index contributed by atoms with van der Waals surface area (Å²) in [6.45, 7) is 7.92. The first-order valence-electron chi connectivity index (χ1n) is 13.1. The Morgan fingerprint density at radius 3 is 2.36 bits per heavy atom. The number of tetrazole rings is 1. The van der Waals surface area contributed by atoms with E-state index in [1.165, 1.54) is 32.1 Å². The van der Waals surface area contributed by atoms with Crippen LogP contribution in [0, 0.1) is 5.92 Å². The highest BCUT2D eigenvalue weighted by Gasteiger charge is 2.23. The van der Waals surface area contributed by atoms with Crippen LogP contribution < -0.4 is 5.69 Å². The van der Waals surface area contributed by atoms with Crippen LogP contribution in [-0.4, -0.2) is 29.8 Å². The zero-order chi connectivity index (χ0) is 25.1. The quantitative estimate of drug-likeness (QED) is 0.359. The molecule has 36 heavy (non-hydrogen) atoms. The van der Waals surface area contributed by atoms with Crippen LogP contribution in [0.3, 0.4) is 0 Å². The van der Waals surface area contributed by atoms with Crippen molar-refractivity contribution in [1.29, 1.82) is 0 Å². The van der Waals surface area contributed by atoms with Crippen LogP contribution in [0.25, 0.3) is 22.5 Å². The van der Waals surface area contributed by atoms with Crippen LogP contribution in [0.2, 0.25) is 0 Å². The fraction of sp³-hybridized carbons (Fsp3) is 0.448. The van der Waals surface area contributed by atoms with Crippen molar-refractivity contribution in [1.82, 2.24) is 29.8 Å². The predicted molar refractivity (Wildman–Crippen MR) is 143 cm³/mol. The molecule has 0 spiro atoms. The second-order valence-electron chi connectivity index (χ2n) is 11.1. The van der Waals surface area contributed by atoms with E-state index < -0.39 is 0 Å². The Bertz CT molecular complexity index is 1340. The highest BCUT2D eigenvalue weighted by molar-refractivity contribution is 5.80. The second-order valence-corrected chi connectivity index (χ2v) is 11.1. The van der Waals surface area contributed by atoms with Crippen LogP contribution in [-0.2, 0) is 18.5 Å². The number of nitrogens with one attached hydrogen (secondary N) is 1. The number of aromatic amines is 1. The molecule has 1 aliphatic carbocycles. The minimum atomic E-state index is -0.112. The summed E-state index contributed by atoms with van der Waals surface area (Å²) in [6, 6.07) is 16.5. The number of benzene rings is 2. The van der Waals surface area contributed by atoms with Crippen molar-refractivity contribution in [2.75, 3.05) is 0 Å². The standard InChI is InChI=1S/C29H36N6O/c1-29(2,3)26-20-34(18-17-21-9-5-4-6-10-21)28(36)35(26)19-22-13-15-23(16-14-22)24-11-7-8-12-25(24)27-30-32-33-31-27/h7-8,11-16,20-21H,4-6,9-10,17-19H2,1-3H3,(H,30,31,32,33). The molecule has 0 saturated heterocycles. The summed E-state index contributed by atoms with van der Waals surface area (Å²) in [5.74, 6) is 1.40. The first kappa shape index (κ1) is 24.2. The largest absolute Gasteiger partial charge is 0.328 e. The lowest BCUT2D eigenvalue weighted by atomic mass is 9.87. The molecule has 2 aromatic heterocycles. The van der Waals surface area contributed by atoms with Gasteiger partial charge in [0.2, 0.25) is 0 Å². The molecular formula is C29H36N6O. The van der Waals surface area contributed by atoms with Crippen LogP contribution in [0.15, 0.2) is 59.5 Å². The van der Waals surface area contributed by atoms with Gasteiger partial charge < -0.3 is 0 Å². The Morgan fingerprint density at radius 1 is 0.972 bits per heavy atom. The number of hydrogen-bond acceptors (Lipinski definition) is 4. The average molecular weight is 485 g/mol. The van der Waals surface area contributed by atoms with Crippen molar-refractivity contribution in [2.45, 2.75) is 77.8 Å². The number of imidazole rings is 1. The monoisotopic (exact) mass is 484 g/mol. The fourth-order valence-corrected chi connectivity index (χ4v) is 5.43. The molecule has 7 nitrogen and oxygen atoms in total. The normalized spacial score (nSPS) is 14.9. The molecule has 188 valence electrons. The Morgan fingerprint density at radius 2 is 1.69 bits per heavy atom. The molecule has 1 saturated carbocycles. The van der Waals surface area contributed by atoms with E-state index in [2.05, 4.69) is 77.9 Å². The molecule has 0 unspecified atom stereocenters. The van der Waals surface area contributed by atoms with E-state index in [0.29, 0.717) is 12.4 Å². The highest BCUT2D eigenvalue weighted by atomic mass is 16.1. The third-order valence-corrected chi connectivity index (χ3v) is 7.45. The second kappa shape index (κ2) is 10.2. The van der Waals surface area contributed by atoms with Gasteiger partial charge in [-0.05, 0) is 39.5 Å². The molecular weight excluding hydrogens is 448 g/mol. The van der Waals surface area contributed by atoms with Crippen molar-refractivity contribution < 1.29 is 0 Å². The van der Waals surface area contributed by atoms with Crippen molar-refractivity contribution in [3.63, 3.8) is 0 Å². The van der Waals surface area contributed by atoms with E-state index in [0.717, 1.165) is 46.8 Å². The molecule has 1 aliphatic rings. The van der Waals surface area contributed by atoms with E-state index in [1.807, 2.05) is 27.3 Å². The van der Waals surface area contributed by atoms with E-state index in [9.17, 15) is 4.79 Å². The molecule has 0 bridgehead atoms. The van der Waals surface area contributed by atoms with E-state index >= 15 is 0 Å². The van der Waals surface area contributed by atoms with Gasteiger partial charge in [-0.2, -0.15) is 0 Å². The van der Waals surface area contributed by atoms with E-state index in [4.69, 9.17) is 0 Å². The summed E-state index contributed by atoms with van der Waals surface area (Å²) in [7, 11) is 0. The lowest BCUT2D eigenvalue weighted by Gasteiger charge is -2.21. The maximum absolute atomic E-state index is 13.5.